The van der Waals surface area contributed by atoms with Crippen LogP contribution >= 0.6 is 11.3 Å². The Morgan fingerprint density at radius 3 is 2.95 bits per heavy atom. The van der Waals surface area contributed by atoms with E-state index in [1.54, 1.807) is 23.7 Å². The van der Waals surface area contributed by atoms with Crippen LogP contribution in [0.15, 0.2) is 29.3 Å². The molecule has 4 heterocycles. The molecule has 0 aromatic carbocycles. The fraction of sp³-hybridized carbons (Fsp3) is 0.143. The quantitative estimate of drug-likeness (QED) is 0.585. The summed E-state index contributed by atoms with van der Waals surface area (Å²) in [6, 6.07) is 3.69. The minimum Gasteiger partial charge on any atom is -0.297 e. The fourth-order valence-electron chi connectivity index (χ4n) is 2.37. The van der Waals surface area contributed by atoms with Crippen molar-refractivity contribution in [3.8, 4) is 11.4 Å². The largest absolute Gasteiger partial charge is 0.349 e. The average Bonchev–Trinajstić information content (AvgIpc) is 3.03. The third kappa shape index (κ3) is 1.71. The Morgan fingerprint density at radius 1 is 1.33 bits per heavy atom. The summed E-state index contributed by atoms with van der Waals surface area (Å²) >= 11 is 1.56. The van der Waals surface area contributed by atoms with Crippen LogP contribution in [-0.4, -0.2) is 24.6 Å². The minimum atomic E-state index is -0.276. The molecule has 0 aliphatic carbocycles. The molecule has 0 fully saturated rings. The van der Waals surface area contributed by atoms with Gasteiger partial charge in [0.2, 0.25) is 0 Å². The minimum absolute atomic E-state index is 0.276. The second-order valence-corrected chi connectivity index (χ2v) is 6.05. The van der Waals surface area contributed by atoms with Crippen molar-refractivity contribution in [2.45, 2.75) is 13.8 Å². The molecule has 0 saturated carbocycles. The van der Waals surface area contributed by atoms with Gasteiger partial charge in [-0.1, -0.05) is 0 Å². The van der Waals surface area contributed by atoms with Gasteiger partial charge in [-0.25, -0.2) is 9.78 Å². The maximum absolute atomic E-state index is 12.2. The Labute approximate surface area is 123 Å². The van der Waals surface area contributed by atoms with Crippen LogP contribution in [0.25, 0.3) is 27.3 Å². The predicted octanol–water partition coefficient (Wildman–Crippen LogP) is 2.31. The molecule has 0 radical (unpaired) electrons. The molecule has 0 amide bonds. The number of fused-ring (bicyclic) bond motifs is 3. The van der Waals surface area contributed by atoms with Crippen molar-refractivity contribution in [3.63, 3.8) is 0 Å². The van der Waals surface area contributed by atoms with Crippen LogP contribution in [-0.2, 0) is 0 Å². The number of H-pyrrole nitrogens is 1. The van der Waals surface area contributed by atoms with Gasteiger partial charge in [-0.2, -0.15) is 4.52 Å². The number of aromatic nitrogens is 5. The van der Waals surface area contributed by atoms with E-state index in [1.807, 2.05) is 26.0 Å². The molecule has 0 spiro atoms. The van der Waals surface area contributed by atoms with Gasteiger partial charge in [0.1, 0.15) is 4.83 Å². The Bertz CT molecular complexity index is 1030. The van der Waals surface area contributed by atoms with E-state index in [9.17, 15) is 4.79 Å². The van der Waals surface area contributed by atoms with Crippen molar-refractivity contribution in [3.05, 3.63) is 45.5 Å². The van der Waals surface area contributed by atoms with Crippen LogP contribution < -0.4 is 5.69 Å². The van der Waals surface area contributed by atoms with Crippen LogP contribution in [0.1, 0.15) is 10.4 Å². The first-order valence-electron chi connectivity index (χ1n) is 6.44. The van der Waals surface area contributed by atoms with Gasteiger partial charge in [-0.15, -0.1) is 16.4 Å². The molecule has 0 saturated heterocycles. The summed E-state index contributed by atoms with van der Waals surface area (Å²) in [4.78, 5) is 25.6. The summed E-state index contributed by atoms with van der Waals surface area (Å²) in [6.45, 7) is 4.07. The van der Waals surface area contributed by atoms with Crippen LogP contribution in [0, 0.1) is 13.8 Å². The van der Waals surface area contributed by atoms with E-state index < -0.39 is 0 Å². The molecule has 7 heteroatoms. The van der Waals surface area contributed by atoms with Gasteiger partial charge in [0.15, 0.2) is 11.5 Å². The molecule has 0 aliphatic heterocycles. The molecule has 0 unspecified atom stereocenters. The Kier molecular flexibility index (Phi) is 2.46. The predicted molar refractivity (Wildman–Crippen MR) is 81.7 cm³/mol. The van der Waals surface area contributed by atoms with Gasteiger partial charge in [0.05, 0.1) is 5.39 Å². The zero-order valence-corrected chi connectivity index (χ0v) is 12.2. The van der Waals surface area contributed by atoms with Crippen LogP contribution in [0.2, 0.25) is 0 Å². The molecule has 4 aromatic rings. The van der Waals surface area contributed by atoms with Gasteiger partial charge in [0, 0.05) is 22.8 Å². The first-order valence-corrected chi connectivity index (χ1v) is 7.26. The highest BCUT2D eigenvalue weighted by atomic mass is 32.1. The Hall–Kier alpha value is -2.54. The zero-order valence-electron chi connectivity index (χ0n) is 11.4. The van der Waals surface area contributed by atoms with Crippen LogP contribution in [0.3, 0.4) is 0 Å². The number of nitrogens with one attached hydrogen (secondary N) is 1. The van der Waals surface area contributed by atoms with Crippen molar-refractivity contribution in [2.75, 3.05) is 0 Å². The van der Waals surface area contributed by atoms with E-state index in [1.165, 1.54) is 9.39 Å². The van der Waals surface area contributed by atoms with Crippen molar-refractivity contribution in [1.29, 1.82) is 0 Å². The number of rotatable bonds is 1. The standard InChI is InChI=1S/C14H11N5OS/c1-7-8(2)21-13-10(7)12-16-11(9-4-3-5-15-6-9)18-19(12)14(20)17-13/h3-6H,1-2H3,(H,17,20). The summed E-state index contributed by atoms with van der Waals surface area (Å²) in [6.07, 6.45) is 3.38. The van der Waals surface area contributed by atoms with Gasteiger partial charge in [-0.3, -0.25) is 9.97 Å². The maximum atomic E-state index is 12.2. The lowest BCUT2D eigenvalue weighted by Crippen LogP contribution is -2.16. The lowest BCUT2D eigenvalue weighted by molar-refractivity contribution is 0.886. The molecule has 6 nitrogen and oxygen atoms in total. The van der Waals surface area contributed by atoms with Crippen LogP contribution in [0.4, 0.5) is 0 Å². The van der Waals surface area contributed by atoms with E-state index >= 15 is 0 Å². The first kappa shape index (κ1) is 12.2. The summed E-state index contributed by atoms with van der Waals surface area (Å²) in [5.41, 5.74) is 2.23. The normalized spacial score (nSPS) is 11.5. The highest BCUT2D eigenvalue weighted by molar-refractivity contribution is 7.18. The topological polar surface area (TPSA) is 75.9 Å². The number of thiophene rings is 1. The molecule has 21 heavy (non-hydrogen) atoms. The highest BCUT2D eigenvalue weighted by Gasteiger charge is 2.16. The highest BCUT2D eigenvalue weighted by Crippen LogP contribution is 2.30. The van der Waals surface area contributed by atoms with Crippen LogP contribution in [0.5, 0.6) is 0 Å². The lowest BCUT2D eigenvalue weighted by Gasteiger charge is -1.94. The smallest absolute Gasteiger partial charge is 0.297 e. The summed E-state index contributed by atoms with van der Waals surface area (Å²) in [5, 5.41) is 5.27. The van der Waals surface area contributed by atoms with Gasteiger partial charge < -0.3 is 0 Å². The number of aromatic amines is 1. The van der Waals surface area contributed by atoms with E-state index in [0.717, 1.165) is 21.3 Å². The molecule has 4 aromatic heterocycles. The second kappa shape index (κ2) is 4.23. The Balaban J connectivity index is 2.14. The van der Waals surface area contributed by atoms with Crippen molar-refractivity contribution >= 4 is 27.2 Å². The van der Waals surface area contributed by atoms with Gasteiger partial charge >= 0.3 is 5.69 Å². The van der Waals surface area contributed by atoms with Crippen molar-refractivity contribution in [1.82, 2.24) is 24.6 Å². The molecular weight excluding hydrogens is 286 g/mol. The maximum Gasteiger partial charge on any atom is 0.349 e. The molecular formula is C14H11N5OS. The molecule has 104 valence electrons. The first-order chi connectivity index (χ1) is 10.1. The molecule has 0 atom stereocenters. The fourth-order valence-corrected chi connectivity index (χ4v) is 3.41. The zero-order chi connectivity index (χ0) is 14.6. The number of nitrogens with zero attached hydrogens (tertiary/aromatic N) is 4. The van der Waals surface area contributed by atoms with E-state index in [2.05, 4.69) is 20.1 Å². The SMILES string of the molecule is Cc1sc2[nH]c(=O)n3nc(-c4cccnc4)nc3c2c1C. The number of hydrogen-bond acceptors (Lipinski definition) is 5. The number of pyridine rings is 1. The summed E-state index contributed by atoms with van der Waals surface area (Å²) in [5.74, 6) is 0.504. The monoisotopic (exact) mass is 297 g/mol. The molecule has 4 rings (SSSR count). The van der Waals surface area contributed by atoms with Crippen molar-refractivity contribution in [2.24, 2.45) is 0 Å². The Morgan fingerprint density at radius 2 is 2.19 bits per heavy atom. The summed E-state index contributed by atoms with van der Waals surface area (Å²) in [7, 11) is 0. The molecule has 0 aliphatic rings. The third-order valence-electron chi connectivity index (χ3n) is 3.55. The molecule has 0 bridgehead atoms. The average molecular weight is 297 g/mol. The summed E-state index contributed by atoms with van der Waals surface area (Å²) < 4.78 is 1.32. The number of hydrogen-bond donors (Lipinski definition) is 1. The number of aryl methyl sites for hydroxylation is 2. The second-order valence-electron chi connectivity index (χ2n) is 4.83. The van der Waals surface area contributed by atoms with Gasteiger partial charge in [0.25, 0.3) is 0 Å². The van der Waals surface area contributed by atoms with E-state index in [4.69, 9.17) is 0 Å². The van der Waals surface area contributed by atoms with Crippen molar-refractivity contribution < 1.29 is 0 Å². The lowest BCUT2D eigenvalue weighted by atomic mass is 10.2. The van der Waals surface area contributed by atoms with Gasteiger partial charge in [-0.05, 0) is 31.5 Å². The van der Waals surface area contributed by atoms with E-state index in [0.29, 0.717) is 11.5 Å². The third-order valence-corrected chi connectivity index (χ3v) is 4.67. The van der Waals surface area contributed by atoms with E-state index in [-0.39, 0.29) is 5.69 Å². The molecule has 1 N–H and O–H groups in total.